The first-order valence-corrected chi connectivity index (χ1v) is 14.2. The van der Waals surface area contributed by atoms with Crippen molar-refractivity contribution in [3.8, 4) is 17.0 Å². The van der Waals surface area contributed by atoms with Crippen LogP contribution < -0.4 is 15.8 Å². The van der Waals surface area contributed by atoms with Crippen LogP contribution in [0.2, 0.25) is 5.02 Å². The second-order valence-electron chi connectivity index (χ2n) is 11.3. The first kappa shape index (κ1) is 30.7. The van der Waals surface area contributed by atoms with E-state index in [1.807, 2.05) is 0 Å². The molecule has 0 radical (unpaired) electrons. The van der Waals surface area contributed by atoms with Gasteiger partial charge in [-0.1, -0.05) is 11.6 Å². The summed E-state index contributed by atoms with van der Waals surface area (Å²) < 4.78 is 77.2. The van der Waals surface area contributed by atoms with Crippen LogP contribution >= 0.6 is 11.6 Å². The molecule has 15 heteroatoms. The number of nitrogens with two attached hydrogens (primary N) is 1. The van der Waals surface area contributed by atoms with Crippen LogP contribution in [0.15, 0.2) is 36.5 Å². The molecule has 2 aliphatic carbocycles. The molecule has 2 amide bonds. The molecule has 0 bridgehead atoms. The number of pyridine rings is 1. The predicted octanol–water partition coefficient (Wildman–Crippen LogP) is 5.12. The van der Waals surface area contributed by atoms with Gasteiger partial charge in [0.15, 0.2) is 11.6 Å². The Morgan fingerprint density at radius 2 is 1.91 bits per heavy atom. The first-order valence-electron chi connectivity index (χ1n) is 13.8. The number of halogens is 6. The Bertz CT molecular complexity index is 1880. The van der Waals surface area contributed by atoms with Gasteiger partial charge in [-0.3, -0.25) is 9.59 Å². The number of hydrogen-bond donors (Lipinski definition) is 3. The number of aromatic nitrogens is 3. The zero-order valence-electron chi connectivity index (χ0n) is 23.5. The summed E-state index contributed by atoms with van der Waals surface area (Å²) in [4.78, 5) is 30.0. The van der Waals surface area contributed by atoms with Crippen LogP contribution in [0.25, 0.3) is 22.2 Å². The number of carbonyl (C=O) groups is 2. The van der Waals surface area contributed by atoms with E-state index in [4.69, 9.17) is 22.1 Å². The minimum atomic E-state index is -2.92. The van der Waals surface area contributed by atoms with Gasteiger partial charge < -0.3 is 20.9 Å². The topological polar surface area (TPSA) is 132 Å². The van der Waals surface area contributed by atoms with E-state index in [1.54, 1.807) is 0 Å². The summed E-state index contributed by atoms with van der Waals surface area (Å²) in [6.45, 7) is -3.38. The van der Waals surface area contributed by atoms with Crippen LogP contribution in [-0.2, 0) is 15.8 Å². The number of aliphatic hydroxyl groups is 1. The van der Waals surface area contributed by atoms with E-state index in [1.165, 1.54) is 25.3 Å². The molecule has 2 fully saturated rings. The van der Waals surface area contributed by atoms with E-state index in [0.717, 1.165) is 18.3 Å². The number of fused-ring (bicyclic) bond motifs is 1. The molecule has 2 saturated carbocycles. The maximum absolute atomic E-state index is 16.0. The molecule has 2 aromatic heterocycles. The van der Waals surface area contributed by atoms with Crippen molar-refractivity contribution in [2.75, 3.05) is 13.7 Å². The third-order valence-electron chi connectivity index (χ3n) is 8.47. The number of benzene rings is 2. The lowest BCUT2D eigenvalue weighted by molar-refractivity contribution is -0.120. The number of hydrogen-bond acceptors (Lipinski definition) is 6. The van der Waals surface area contributed by atoms with Gasteiger partial charge in [-0.15, -0.1) is 0 Å². The van der Waals surface area contributed by atoms with E-state index in [9.17, 15) is 27.9 Å². The van der Waals surface area contributed by atoms with Crippen molar-refractivity contribution in [1.29, 1.82) is 0 Å². The van der Waals surface area contributed by atoms with Crippen molar-refractivity contribution in [3.05, 3.63) is 75.8 Å². The van der Waals surface area contributed by atoms with E-state index in [2.05, 4.69) is 15.4 Å². The van der Waals surface area contributed by atoms with Gasteiger partial charge in [-0.25, -0.2) is 22.8 Å². The van der Waals surface area contributed by atoms with Crippen LogP contribution in [0.4, 0.5) is 22.0 Å². The standard InChI is InChI=1S/C30H25ClF5N5O4/c1-45-19-9-13(8-14-11-41(28(35)36)40-24(14)19)26(42)38-12-30(44,15-2-3-15)20-10-17(29(6-7-29)27(37)43)23(34)25(39-20)16-4-5-18(32)21(31)22(16)33/h4-5,8-11,15,28,44H,2-3,6-7,12H2,1H3,(H2,37,43)(H,38,42)/t30-/m1/s1. The van der Waals surface area contributed by atoms with Gasteiger partial charge >= 0.3 is 6.55 Å². The Labute approximate surface area is 257 Å². The Kier molecular flexibility index (Phi) is 7.47. The third kappa shape index (κ3) is 5.15. The number of nitrogens with zero attached hydrogens (tertiary/aromatic N) is 3. The molecule has 2 aromatic carbocycles. The molecule has 4 aromatic rings. The highest BCUT2D eigenvalue weighted by molar-refractivity contribution is 6.31. The lowest BCUT2D eigenvalue weighted by Crippen LogP contribution is -2.43. The number of nitrogens with one attached hydrogen (secondary N) is 1. The number of carbonyl (C=O) groups excluding carboxylic acids is 2. The zero-order chi connectivity index (χ0) is 32.4. The van der Waals surface area contributed by atoms with E-state index in [-0.39, 0.29) is 46.3 Å². The zero-order valence-corrected chi connectivity index (χ0v) is 24.3. The minimum absolute atomic E-state index is 0.00782. The first-order chi connectivity index (χ1) is 21.3. The average molecular weight is 650 g/mol. The van der Waals surface area contributed by atoms with E-state index in [0.29, 0.717) is 17.5 Å². The van der Waals surface area contributed by atoms with E-state index < -0.39 is 75.6 Å². The maximum atomic E-state index is 16.0. The summed E-state index contributed by atoms with van der Waals surface area (Å²) in [6.07, 6.45) is 2.44. The lowest BCUT2D eigenvalue weighted by Gasteiger charge is -2.30. The van der Waals surface area contributed by atoms with Crippen LogP contribution in [-0.4, -0.2) is 45.3 Å². The highest BCUT2D eigenvalue weighted by atomic mass is 35.5. The van der Waals surface area contributed by atoms with Crippen molar-refractivity contribution < 1.29 is 41.4 Å². The summed E-state index contributed by atoms with van der Waals surface area (Å²) in [5.41, 5.74) is 0.860. The SMILES string of the molecule is COc1cc(C(=O)NC[C@](O)(c2cc(C3(C(N)=O)CC3)c(F)c(-c3ccc(F)c(Cl)c3F)n2)C2CC2)cc2cn(C(F)F)nc12. The van der Waals surface area contributed by atoms with Crippen molar-refractivity contribution in [3.63, 3.8) is 0 Å². The Morgan fingerprint density at radius 3 is 2.51 bits per heavy atom. The fourth-order valence-corrected chi connectivity index (χ4v) is 5.76. The normalized spacial score (nSPS) is 16.9. The molecular weight excluding hydrogens is 625 g/mol. The molecule has 0 saturated heterocycles. The van der Waals surface area contributed by atoms with Gasteiger partial charge in [0.1, 0.15) is 33.4 Å². The van der Waals surface area contributed by atoms with Gasteiger partial charge in [0.25, 0.3) is 5.91 Å². The smallest absolute Gasteiger partial charge is 0.333 e. The maximum Gasteiger partial charge on any atom is 0.333 e. The van der Waals surface area contributed by atoms with Crippen molar-refractivity contribution in [2.24, 2.45) is 11.7 Å². The van der Waals surface area contributed by atoms with Gasteiger partial charge in [0, 0.05) is 28.3 Å². The van der Waals surface area contributed by atoms with Crippen LogP contribution in [0.1, 0.15) is 53.8 Å². The molecular formula is C30H25ClF5N5O4. The molecule has 45 heavy (non-hydrogen) atoms. The van der Waals surface area contributed by atoms with Gasteiger partial charge in [-0.2, -0.15) is 13.9 Å². The number of alkyl halides is 2. The summed E-state index contributed by atoms with van der Waals surface area (Å²) >= 11 is 5.76. The fraction of sp³-hybridized carbons (Fsp3) is 0.333. The lowest BCUT2D eigenvalue weighted by atomic mass is 9.86. The molecule has 6 rings (SSSR count). The van der Waals surface area contributed by atoms with E-state index >= 15 is 8.78 Å². The van der Waals surface area contributed by atoms with Crippen LogP contribution in [0, 0.1) is 23.4 Å². The summed E-state index contributed by atoms with van der Waals surface area (Å²) in [5.74, 6) is -5.41. The molecule has 0 aliphatic heterocycles. The third-order valence-corrected chi connectivity index (χ3v) is 8.82. The number of primary amides is 1. The van der Waals surface area contributed by atoms with Crippen molar-refractivity contribution >= 4 is 34.3 Å². The largest absolute Gasteiger partial charge is 0.494 e. The van der Waals surface area contributed by atoms with Crippen molar-refractivity contribution in [1.82, 2.24) is 20.1 Å². The fourth-order valence-electron chi connectivity index (χ4n) is 5.59. The average Bonchev–Trinajstić information content (AvgIpc) is 3.95. The molecule has 2 aliphatic rings. The highest BCUT2D eigenvalue weighted by Crippen LogP contribution is 2.52. The number of amides is 2. The summed E-state index contributed by atoms with van der Waals surface area (Å²) in [7, 11) is 1.29. The number of methoxy groups -OCH3 is 1. The Morgan fingerprint density at radius 1 is 1.20 bits per heavy atom. The van der Waals surface area contributed by atoms with Gasteiger partial charge in [0.2, 0.25) is 5.91 Å². The summed E-state index contributed by atoms with van der Waals surface area (Å²) in [6, 6.07) is 5.59. The molecule has 236 valence electrons. The van der Waals surface area contributed by atoms with Crippen molar-refractivity contribution in [2.45, 2.75) is 43.2 Å². The van der Waals surface area contributed by atoms with Crippen LogP contribution in [0.3, 0.4) is 0 Å². The quantitative estimate of drug-likeness (QED) is 0.162. The number of ether oxygens (including phenoxy) is 1. The summed E-state index contributed by atoms with van der Waals surface area (Å²) in [5, 5.41) is 17.7. The Hall–Kier alpha value is -4.30. The second kappa shape index (κ2) is 10.9. The molecule has 1 atom stereocenters. The van der Waals surface area contributed by atoms with Gasteiger partial charge in [0.05, 0.1) is 24.8 Å². The Balaban J connectivity index is 1.41. The highest BCUT2D eigenvalue weighted by Gasteiger charge is 2.54. The number of rotatable bonds is 10. The monoisotopic (exact) mass is 649 g/mol. The molecule has 0 unspecified atom stereocenters. The van der Waals surface area contributed by atoms with Gasteiger partial charge in [-0.05, 0) is 61.9 Å². The molecule has 0 spiro atoms. The predicted molar refractivity (Wildman–Crippen MR) is 151 cm³/mol. The molecule has 2 heterocycles. The molecule has 4 N–H and O–H groups in total. The molecule has 9 nitrogen and oxygen atoms in total. The minimum Gasteiger partial charge on any atom is -0.494 e. The van der Waals surface area contributed by atoms with Crippen LogP contribution in [0.5, 0.6) is 5.75 Å². The second-order valence-corrected chi connectivity index (χ2v) is 11.6.